The highest BCUT2D eigenvalue weighted by Gasteiger charge is 2.42. The van der Waals surface area contributed by atoms with Crippen LogP contribution < -0.4 is 11.5 Å². The Balaban J connectivity index is 1.98. The number of likely N-dealkylation sites (N-methyl/N-ethyl adjacent to an activating group) is 1. The molecule has 3 rings (SSSR count). The van der Waals surface area contributed by atoms with Gasteiger partial charge in [0.05, 0.1) is 11.4 Å². The normalized spacial score (nSPS) is 18.9. The lowest BCUT2D eigenvalue weighted by atomic mass is 10.0. The molecule has 0 saturated carbocycles. The molecule has 0 aliphatic carbocycles. The van der Waals surface area contributed by atoms with Gasteiger partial charge in [-0.05, 0) is 30.7 Å². The summed E-state index contributed by atoms with van der Waals surface area (Å²) in [4.78, 5) is 29.3. The topological polar surface area (TPSA) is 123 Å². The Hall–Kier alpha value is -3.37. The average Bonchev–Trinajstić information content (AvgIpc) is 2.90. The van der Waals surface area contributed by atoms with Gasteiger partial charge in [-0.15, -0.1) is 0 Å². The number of rotatable bonds is 2. The average molecular weight is 364 g/mol. The zero-order chi connectivity index (χ0) is 19.8. The number of nitrogens with zero attached hydrogens (tertiary/aromatic N) is 2. The fourth-order valence-electron chi connectivity index (χ4n) is 2.92. The van der Waals surface area contributed by atoms with E-state index in [-0.39, 0.29) is 17.8 Å². The van der Waals surface area contributed by atoms with Gasteiger partial charge in [-0.1, -0.05) is 24.0 Å². The third kappa shape index (κ3) is 3.48. The fraction of sp³-hybridized carbons (Fsp3) is 0.250. The van der Waals surface area contributed by atoms with Gasteiger partial charge in [0.25, 0.3) is 11.8 Å². The van der Waals surface area contributed by atoms with Crippen molar-refractivity contribution in [1.82, 2.24) is 9.88 Å². The first-order chi connectivity index (χ1) is 12.7. The maximum absolute atomic E-state index is 12.0. The molecular formula is C20H20N4O3. The second-order valence-corrected chi connectivity index (χ2v) is 6.62. The van der Waals surface area contributed by atoms with Crippen LogP contribution in [0.4, 0.5) is 5.69 Å². The molecule has 2 amide bonds. The first kappa shape index (κ1) is 18.4. The second kappa shape index (κ2) is 6.74. The van der Waals surface area contributed by atoms with E-state index in [4.69, 9.17) is 11.5 Å². The van der Waals surface area contributed by atoms with Crippen molar-refractivity contribution in [3.8, 4) is 23.1 Å². The number of likely N-dealkylation sites (tertiary alicyclic amines) is 1. The van der Waals surface area contributed by atoms with E-state index in [0.717, 1.165) is 0 Å². The maximum Gasteiger partial charge on any atom is 0.269 e. The van der Waals surface area contributed by atoms with Gasteiger partial charge in [-0.3, -0.25) is 9.59 Å². The van der Waals surface area contributed by atoms with E-state index in [1.54, 1.807) is 38.2 Å². The molecule has 138 valence electrons. The predicted octanol–water partition coefficient (Wildman–Crippen LogP) is 0.683. The Labute approximate surface area is 157 Å². The molecule has 0 bridgehead atoms. The summed E-state index contributed by atoms with van der Waals surface area (Å²) in [5.41, 5.74) is 12.4. The molecule has 1 aromatic carbocycles. The number of carbonyl (C=O) groups is 2. The number of primary amides is 1. The van der Waals surface area contributed by atoms with Crippen molar-refractivity contribution in [3.05, 3.63) is 47.2 Å². The number of hydrogen-bond acceptors (Lipinski definition) is 5. The zero-order valence-electron chi connectivity index (χ0n) is 15.1. The molecule has 1 saturated heterocycles. The number of aliphatic hydroxyl groups is 1. The minimum absolute atomic E-state index is 0.0235. The predicted molar refractivity (Wildman–Crippen MR) is 101 cm³/mol. The van der Waals surface area contributed by atoms with E-state index >= 15 is 0 Å². The van der Waals surface area contributed by atoms with E-state index in [1.807, 2.05) is 6.07 Å². The van der Waals surface area contributed by atoms with Gasteiger partial charge < -0.3 is 21.5 Å². The number of benzene rings is 1. The minimum Gasteiger partial charge on any atom is -0.397 e. The third-order valence-electron chi connectivity index (χ3n) is 4.58. The SMILES string of the molecule is Cc1cc(-c2cccc(C#C[C@]3(O)CCN(C)C3=O)c2)nc(C(N)=O)c1N. The number of amides is 2. The van der Waals surface area contributed by atoms with Gasteiger partial charge in [-0.25, -0.2) is 4.98 Å². The number of nitrogens with two attached hydrogens (primary N) is 2. The highest BCUT2D eigenvalue weighted by atomic mass is 16.3. The summed E-state index contributed by atoms with van der Waals surface area (Å²) in [7, 11) is 1.63. The van der Waals surface area contributed by atoms with E-state index < -0.39 is 17.4 Å². The molecule has 1 aromatic heterocycles. The molecule has 2 heterocycles. The molecule has 7 nitrogen and oxygen atoms in total. The van der Waals surface area contributed by atoms with Crippen molar-refractivity contribution in [1.29, 1.82) is 0 Å². The monoisotopic (exact) mass is 364 g/mol. The molecule has 7 heteroatoms. The van der Waals surface area contributed by atoms with Gasteiger partial charge in [-0.2, -0.15) is 0 Å². The molecule has 0 radical (unpaired) electrons. The highest BCUT2D eigenvalue weighted by Crippen LogP contribution is 2.25. The van der Waals surface area contributed by atoms with Crippen LogP contribution in [-0.2, 0) is 4.79 Å². The molecule has 1 aliphatic rings. The van der Waals surface area contributed by atoms with Crippen LogP contribution in [-0.4, -0.2) is 46.0 Å². The molecule has 2 aromatic rings. The van der Waals surface area contributed by atoms with Crippen LogP contribution in [0, 0.1) is 18.8 Å². The summed E-state index contributed by atoms with van der Waals surface area (Å²) in [5.74, 6) is 4.45. The third-order valence-corrected chi connectivity index (χ3v) is 4.58. The fourth-order valence-corrected chi connectivity index (χ4v) is 2.92. The van der Waals surface area contributed by atoms with Crippen molar-refractivity contribution < 1.29 is 14.7 Å². The van der Waals surface area contributed by atoms with Crippen LogP contribution in [0.3, 0.4) is 0 Å². The largest absolute Gasteiger partial charge is 0.397 e. The van der Waals surface area contributed by atoms with Gasteiger partial charge in [0.2, 0.25) is 5.60 Å². The van der Waals surface area contributed by atoms with Crippen LogP contribution in [0.2, 0.25) is 0 Å². The van der Waals surface area contributed by atoms with Crippen LogP contribution in [0.5, 0.6) is 0 Å². The van der Waals surface area contributed by atoms with Crippen LogP contribution >= 0.6 is 0 Å². The number of aromatic nitrogens is 1. The number of pyridine rings is 1. The molecule has 5 N–H and O–H groups in total. The Morgan fingerprint density at radius 3 is 2.74 bits per heavy atom. The van der Waals surface area contributed by atoms with E-state index in [1.165, 1.54) is 4.90 Å². The van der Waals surface area contributed by atoms with Crippen molar-refractivity contribution in [2.75, 3.05) is 19.3 Å². The Morgan fingerprint density at radius 1 is 1.37 bits per heavy atom. The van der Waals surface area contributed by atoms with Crippen LogP contribution in [0.15, 0.2) is 30.3 Å². The van der Waals surface area contributed by atoms with Gasteiger partial charge in [0.1, 0.15) is 0 Å². The number of hydrogen-bond donors (Lipinski definition) is 3. The van der Waals surface area contributed by atoms with Crippen LogP contribution in [0.1, 0.15) is 28.0 Å². The highest BCUT2D eigenvalue weighted by molar-refractivity contribution is 5.97. The Morgan fingerprint density at radius 2 is 2.11 bits per heavy atom. The van der Waals surface area contributed by atoms with E-state index in [9.17, 15) is 14.7 Å². The Kier molecular flexibility index (Phi) is 4.60. The maximum atomic E-state index is 12.0. The number of carbonyl (C=O) groups excluding carboxylic acids is 2. The quantitative estimate of drug-likeness (QED) is 0.677. The molecule has 27 heavy (non-hydrogen) atoms. The summed E-state index contributed by atoms with van der Waals surface area (Å²) in [6, 6.07) is 8.89. The molecule has 1 aliphatic heterocycles. The summed E-state index contributed by atoms with van der Waals surface area (Å²) in [6.07, 6.45) is 0.274. The molecular weight excluding hydrogens is 344 g/mol. The molecule has 0 spiro atoms. The van der Waals surface area contributed by atoms with Crippen LogP contribution in [0.25, 0.3) is 11.3 Å². The van der Waals surface area contributed by atoms with E-state index in [2.05, 4.69) is 16.8 Å². The lowest BCUT2D eigenvalue weighted by Crippen LogP contribution is -2.37. The first-order valence-corrected chi connectivity index (χ1v) is 8.40. The zero-order valence-corrected chi connectivity index (χ0v) is 15.1. The number of nitrogen functional groups attached to an aromatic ring is 1. The number of aryl methyl sites for hydroxylation is 1. The van der Waals surface area contributed by atoms with Crippen molar-refractivity contribution in [2.24, 2.45) is 5.73 Å². The van der Waals surface area contributed by atoms with Crippen molar-refractivity contribution >= 4 is 17.5 Å². The molecule has 1 atom stereocenters. The minimum atomic E-state index is -1.65. The van der Waals surface area contributed by atoms with Gasteiger partial charge in [0.15, 0.2) is 5.69 Å². The lowest BCUT2D eigenvalue weighted by Gasteiger charge is -2.13. The van der Waals surface area contributed by atoms with E-state index in [0.29, 0.717) is 28.9 Å². The van der Waals surface area contributed by atoms with Gasteiger partial charge >= 0.3 is 0 Å². The Bertz CT molecular complexity index is 1010. The summed E-state index contributed by atoms with van der Waals surface area (Å²) in [6.45, 7) is 2.24. The standard InChI is InChI=1S/C20H20N4O3/c1-12-10-15(23-17(16(12)21)18(22)25)14-5-3-4-13(11-14)6-7-20(27)8-9-24(2)19(20)26/h3-5,10-11,27H,8-9,21H2,1-2H3,(H2,22,25)/t20-/m0/s1. The molecule has 0 unspecified atom stereocenters. The summed E-state index contributed by atoms with van der Waals surface area (Å²) in [5, 5.41) is 10.4. The first-order valence-electron chi connectivity index (χ1n) is 8.40. The lowest BCUT2D eigenvalue weighted by molar-refractivity contribution is -0.137. The second-order valence-electron chi connectivity index (χ2n) is 6.62. The van der Waals surface area contributed by atoms with Crippen molar-refractivity contribution in [2.45, 2.75) is 18.9 Å². The summed E-state index contributed by atoms with van der Waals surface area (Å²) >= 11 is 0. The smallest absolute Gasteiger partial charge is 0.269 e. The summed E-state index contributed by atoms with van der Waals surface area (Å²) < 4.78 is 0. The molecule has 1 fully saturated rings. The number of anilines is 1. The van der Waals surface area contributed by atoms with Crippen molar-refractivity contribution in [3.63, 3.8) is 0 Å². The van der Waals surface area contributed by atoms with Gasteiger partial charge in [0, 0.05) is 31.1 Å².